The average Bonchev–Trinajstić information content (AvgIpc) is 2.69. The fourth-order valence-electron chi connectivity index (χ4n) is 6.53. The minimum atomic E-state index is -2.98. The van der Waals surface area contributed by atoms with Crippen molar-refractivity contribution in [3.8, 4) is 5.75 Å². The largest absolute Gasteiger partial charge is 0.432 e. The van der Waals surface area contributed by atoms with E-state index in [4.69, 9.17) is 0 Å². The molecule has 0 heterocycles. The number of halogens is 3. The molecule has 2 saturated carbocycles. The molecule has 1 aromatic carbocycles. The molecular formula is C24H33F3O. The van der Waals surface area contributed by atoms with Gasteiger partial charge in [-0.3, -0.25) is 0 Å². The molecule has 2 fully saturated rings. The Morgan fingerprint density at radius 1 is 0.964 bits per heavy atom. The topological polar surface area (TPSA) is 9.23 Å². The number of hydrogen-bond donors (Lipinski definition) is 0. The molecule has 0 amide bonds. The SMILES string of the molecule is CCCC1CCC2CC(C3CCc4c(ccc(OC(F)F)c4F)C3)CCC2C1. The molecule has 156 valence electrons. The quantitative estimate of drug-likeness (QED) is 0.514. The molecule has 0 radical (unpaired) electrons. The molecule has 5 atom stereocenters. The van der Waals surface area contributed by atoms with E-state index in [1.165, 1.54) is 57.4 Å². The van der Waals surface area contributed by atoms with Gasteiger partial charge in [0.2, 0.25) is 0 Å². The smallest absolute Gasteiger partial charge is 0.387 e. The minimum Gasteiger partial charge on any atom is -0.432 e. The van der Waals surface area contributed by atoms with E-state index in [9.17, 15) is 13.2 Å². The van der Waals surface area contributed by atoms with Crippen molar-refractivity contribution in [2.45, 2.75) is 84.2 Å². The van der Waals surface area contributed by atoms with E-state index < -0.39 is 12.4 Å². The van der Waals surface area contributed by atoms with Crippen LogP contribution >= 0.6 is 0 Å². The minimum absolute atomic E-state index is 0.309. The molecule has 0 N–H and O–H groups in total. The van der Waals surface area contributed by atoms with Gasteiger partial charge in [0.1, 0.15) is 0 Å². The highest BCUT2D eigenvalue weighted by Gasteiger charge is 2.38. The Morgan fingerprint density at radius 3 is 2.43 bits per heavy atom. The Labute approximate surface area is 167 Å². The van der Waals surface area contributed by atoms with E-state index in [0.717, 1.165) is 42.1 Å². The first-order valence-electron chi connectivity index (χ1n) is 11.3. The summed E-state index contributed by atoms with van der Waals surface area (Å²) in [5.41, 5.74) is 1.60. The van der Waals surface area contributed by atoms with Crippen LogP contribution in [-0.2, 0) is 12.8 Å². The van der Waals surface area contributed by atoms with Crippen LogP contribution in [0.2, 0.25) is 0 Å². The fraction of sp³-hybridized carbons (Fsp3) is 0.750. The lowest BCUT2D eigenvalue weighted by Gasteiger charge is -2.45. The van der Waals surface area contributed by atoms with Gasteiger partial charge in [0.15, 0.2) is 11.6 Å². The molecular weight excluding hydrogens is 361 g/mol. The van der Waals surface area contributed by atoms with Crippen LogP contribution in [0.4, 0.5) is 13.2 Å². The molecule has 1 nitrogen and oxygen atoms in total. The van der Waals surface area contributed by atoms with E-state index in [-0.39, 0.29) is 5.75 Å². The van der Waals surface area contributed by atoms with Crippen LogP contribution in [0.25, 0.3) is 0 Å². The van der Waals surface area contributed by atoms with Gasteiger partial charge in [-0.25, -0.2) is 4.39 Å². The third kappa shape index (κ3) is 4.21. The van der Waals surface area contributed by atoms with Crippen LogP contribution in [0, 0.1) is 35.4 Å². The Hall–Kier alpha value is -1.19. The first-order chi connectivity index (χ1) is 13.5. The Bertz CT molecular complexity index is 674. The van der Waals surface area contributed by atoms with Crippen LogP contribution in [0.3, 0.4) is 0 Å². The molecule has 5 unspecified atom stereocenters. The maximum atomic E-state index is 14.5. The number of alkyl halides is 2. The van der Waals surface area contributed by atoms with E-state index in [1.54, 1.807) is 0 Å². The van der Waals surface area contributed by atoms with Crippen molar-refractivity contribution in [3.05, 3.63) is 29.1 Å². The summed E-state index contributed by atoms with van der Waals surface area (Å²) in [4.78, 5) is 0. The molecule has 1 aromatic rings. The molecule has 0 aliphatic heterocycles. The van der Waals surface area contributed by atoms with Gasteiger partial charge in [0.05, 0.1) is 0 Å². The van der Waals surface area contributed by atoms with Crippen molar-refractivity contribution < 1.29 is 17.9 Å². The lowest BCUT2D eigenvalue weighted by Crippen LogP contribution is -2.35. The van der Waals surface area contributed by atoms with Crippen molar-refractivity contribution in [1.29, 1.82) is 0 Å². The van der Waals surface area contributed by atoms with Crippen molar-refractivity contribution in [2.24, 2.45) is 29.6 Å². The van der Waals surface area contributed by atoms with E-state index >= 15 is 0 Å². The van der Waals surface area contributed by atoms with Gasteiger partial charge < -0.3 is 4.74 Å². The zero-order valence-corrected chi connectivity index (χ0v) is 16.9. The highest BCUT2D eigenvalue weighted by atomic mass is 19.3. The maximum Gasteiger partial charge on any atom is 0.387 e. The van der Waals surface area contributed by atoms with Crippen LogP contribution in [0.5, 0.6) is 5.75 Å². The van der Waals surface area contributed by atoms with Crippen molar-refractivity contribution in [2.75, 3.05) is 0 Å². The predicted octanol–water partition coefficient (Wildman–Crippen LogP) is 7.16. The molecule has 3 aliphatic rings. The van der Waals surface area contributed by atoms with Gasteiger partial charge in [-0.05, 0) is 98.1 Å². The second-order valence-corrected chi connectivity index (χ2v) is 9.46. The second kappa shape index (κ2) is 8.67. The summed E-state index contributed by atoms with van der Waals surface area (Å²) >= 11 is 0. The number of ether oxygens (including phenoxy) is 1. The molecule has 0 aromatic heterocycles. The third-order valence-corrected chi connectivity index (χ3v) is 7.89. The summed E-state index contributed by atoms with van der Waals surface area (Å²) < 4.78 is 43.8. The first kappa shape index (κ1) is 20.1. The summed E-state index contributed by atoms with van der Waals surface area (Å²) in [6, 6.07) is 3.19. The predicted molar refractivity (Wildman–Crippen MR) is 105 cm³/mol. The zero-order chi connectivity index (χ0) is 19.7. The number of rotatable bonds is 5. The van der Waals surface area contributed by atoms with Crippen LogP contribution in [0.1, 0.15) is 75.8 Å². The van der Waals surface area contributed by atoms with Gasteiger partial charge in [0.25, 0.3) is 0 Å². The summed E-state index contributed by atoms with van der Waals surface area (Å²) in [7, 11) is 0. The molecule has 0 saturated heterocycles. The fourth-order valence-corrected chi connectivity index (χ4v) is 6.53. The third-order valence-electron chi connectivity index (χ3n) is 7.89. The number of benzene rings is 1. The number of fused-ring (bicyclic) bond motifs is 2. The van der Waals surface area contributed by atoms with E-state index in [0.29, 0.717) is 17.9 Å². The van der Waals surface area contributed by atoms with Crippen molar-refractivity contribution >= 4 is 0 Å². The van der Waals surface area contributed by atoms with Crippen LogP contribution in [-0.4, -0.2) is 6.61 Å². The average molecular weight is 395 g/mol. The molecule has 28 heavy (non-hydrogen) atoms. The number of hydrogen-bond acceptors (Lipinski definition) is 1. The van der Waals surface area contributed by atoms with Gasteiger partial charge in [0, 0.05) is 0 Å². The van der Waals surface area contributed by atoms with Crippen molar-refractivity contribution in [1.82, 2.24) is 0 Å². The summed E-state index contributed by atoms with van der Waals surface area (Å²) in [6.07, 6.45) is 13.5. The first-order valence-corrected chi connectivity index (χ1v) is 11.3. The standard InChI is InChI=1S/C24H33F3O/c1-2-3-15-4-5-17-13-18(7-6-16(17)12-15)19-8-10-21-20(14-19)9-11-22(23(21)25)28-24(26)27/h9,11,15-19,24H,2-8,10,12-14H2,1H3. The second-order valence-electron chi connectivity index (χ2n) is 9.46. The Kier molecular flexibility index (Phi) is 6.22. The van der Waals surface area contributed by atoms with Crippen LogP contribution in [0.15, 0.2) is 12.1 Å². The molecule has 4 heteroatoms. The van der Waals surface area contributed by atoms with Crippen molar-refractivity contribution in [3.63, 3.8) is 0 Å². The molecule has 3 aliphatic carbocycles. The van der Waals surface area contributed by atoms with Gasteiger partial charge in [-0.15, -0.1) is 0 Å². The Morgan fingerprint density at radius 2 is 1.68 bits per heavy atom. The van der Waals surface area contributed by atoms with Gasteiger partial charge in [-0.2, -0.15) is 8.78 Å². The monoisotopic (exact) mass is 394 g/mol. The summed E-state index contributed by atoms with van der Waals surface area (Å²) in [5, 5.41) is 0. The summed E-state index contributed by atoms with van der Waals surface area (Å²) in [6.45, 7) is -0.679. The van der Waals surface area contributed by atoms with E-state index in [1.807, 2.05) is 6.07 Å². The van der Waals surface area contributed by atoms with Crippen LogP contribution < -0.4 is 4.74 Å². The molecule has 4 rings (SSSR count). The normalized spacial score (nSPS) is 32.7. The lowest BCUT2D eigenvalue weighted by atomic mass is 9.61. The highest BCUT2D eigenvalue weighted by molar-refractivity contribution is 5.39. The van der Waals surface area contributed by atoms with Gasteiger partial charge >= 0.3 is 6.61 Å². The Balaban J connectivity index is 1.38. The molecule has 0 spiro atoms. The van der Waals surface area contributed by atoms with Gasteiger partial charge in [-0.1, -0.05) is 32.3 Å². The zero-order valence-electron chi connectivity index (χ0n) is 16.9. The lowest BCUT2D eigenvalue weighted by molar-refractivity contribution is -0.0523. The summed E-state index contributed by atoms with van der Waals surface area (Å²) in [5.74, 6) is 3.26. The highest BCUT2D eigenvalue weighted by Crippen LogP contribution is 2.49. The molecule has 0 bridgehead atoms. The van der Waals surface area contributed by atoms with E-state index in [2.05, 4.69) is 11.7 Å². The maximum absolute atomic E-state index is 14.5.